The van der Waals surface area contributed by atoms with Gasteiger partial charge in [0.1, 0.15) is 16.2 Å². The van der Waals surface area contributed by atoms with Crippen LogP contribution in [-0.2, 0) is 4.74 Å². The zero-order valence-corrected chi connectivity index (χ0v) is 19.0. The molecule has 2 aliphatic rings. The minimum atomic E-state index is -0.462. The van der Waals surface area contributed by atoms with Gasteiger partial charge in [0.25, 0.3) is 0 Å². The first-order valence-electron chi connectivity index (χ1n) is 10.4. The van der Waals surface area contributed by atoms with Crippen molar-refractivity contribution >= 4 is 32.6 Å². The quantitative estimate of drug-likeness (QED) is 0.638. The Labute approximate surface area is 185 Å². The highest BCUT2D eigenvalue weighted by Gasteiger charge is 2.54. The van der Waals surface area contributed by atoms with Crippen LogP contribution in [0.15, 0.2) is 30.3 Å². The second kappa shape index (κ2) is 6.82. The van der Waals surface area contributed by atoms with Crippen LogP contribution in [0.4, 0.5) is 9.80 Å². The zero-order chi connectivity index (χ0) is 22.0. The lowest BCUT2D eigenvalue weighted by atomic mass is 9.73. The smallest absolute Gasteiger partial charge is 0.410 e. The first-order chi connectivity index (χ1) is 14.6. The van der Waals surface area contributed by atoms with Crippen LogP contribution in [0, 0.1) is 12.3 Å². The third-order valence-corrected chi connectivity index (χ3v) is 7.15. The van der Waals surface area contributed by atoms with Gasteiger partial charge in [0.05, 0.1) is 10.7 Å². The molecule has 0 bridgehead atoms. The fourth-order valence-electron chi connectivity index (χ4n) is 4.46. The SMILES string of the molecule is Cc1c(N2CC3(CN(C(=O)OC(C)(C)C)C3)C2)sc2nnc(-c3ccccc3O)cc12. The lowest BCUT2D eigenvalue weighted by Gasteiger charge is -2.60. The highest BCUT2D eigenvalue weighted by molar-refractivity contribution is 7.22. The van der Waals surface area contributed by atoms with Gasteiger partial charge in [0, 0.05) is 42.5 Å². The number of fused-ring (bicyclic) bond motifs is 1. The number of anilines is 1. The molecule has 0 radical (unpaired) electrons. The van der Waals surface area contributed by atoms with Gasteiger partial charge < -0.3 is 19.6 Å². The average molecular weight is 439 g/mol. The summed E-state index contributed by atoms with van der Waals surface area (Å²) in [4.78, 5) is 17.3. The van der Waals surface area contributed by atoms with E-state index >= 15 is 0 Å². The van der Waals surface area contributed by atoms with E-state index in [1.165, 1.54) is 10.6 Å². The number of benzene rings is 1. The van der Waals surface area contributed by atoms with Crippen molar-refractivity contribution in [3.05, 3.63) is 35.9 Å². The molecule has 1 aromatic carbocycles. The summed E-state index contributed by atoms with van der Waals surface area (Å²) >= 11 is 1.65. The predicted molar refractivity (Wildman–Crippen MR) is 122 cm³/mol. The molecule has 0 aliphatic carbocycles. The van der Waals surface area contributed by atoms with E-state index in [-0.39, 0.29) is 17.3 Å². The number of aromatic nitrogens is 2. The molecule has 8 heteroatoms. The number of carbonyl (C=O) groups excluding carboxylic acids is 1. The predicted octanol–water partition coefficient (Wildman–Crippen LogP) is 4.43. The number of rotatable bonds is 2. The molecule has 7 nitrogen and oxygen atoms in total. The number of likely N-dealkylation sites (tertiary alicyclic amines) is 1. The number of aryl methyl sites for hydroxylation is 1. The van der Waals surface area contributed by atoms with Gasteiger partial charge in [-0.1, -0.05) is 23.5 Å². The molecule has 2 fully saturated rings. The molecular formula is C23H26N4O3S. The number of carbonyl (C=O) groups is 1. The lowest BCUT2D eigenvalue weighted by molar-refractivity contribution is -0.0451. The van der Waals surface area contributed by atoms with E-state index in [0.717, 1.165) is 36.4 Å². The van der Waals surface area contributed by atoms with E-state index in [2.05, 4.69) is 22.0 Å². The molecule has 1 spiro atoms. The maximum absolute atomic E-state index is 12.2. The molecule has 0 unspecified atom stereocenters. The van der Waals surface area contributed by atoms with E-state index in [4.69, 9.17) is 4.74 Å². The third-order valence-electron chi connectivity index (χ3n) is 5.90. The van der Waals surface area contributed by atoms with E-state index in [1.54, 1.807) is 28.4 Å². The molecule has 1 amide bonds. The Morgan fingerprint density at radius 2 is 1.87 bits per heavy atom. The number of thiophene rings is 1. The van der Waals surface area contributed by atoms with Crippen molar-refractivity contribution in [1.29, 1.82) is 0 Å². The Balaban J connectivity index is 1.30. The van der Waals surface area contributed by atoms with Crippen molar-refractivity contribution in [2.24, 2.45) is 5.41 Å². The van der Waals surface area contributed by atoms with Crippen molar-refractivity contribution < 1.29 is 14.6 Å². The van der Waals surface area contributed by atoms with Crippen LogP contribution in [0.3, 0.4) is 0 Å². The van der Waals surface area contributed by atoms with Crippen molar-refractivity contribution in [2.75, 3.05) is 31.1 Å². The second-order valence-electron chi connectivity index (χ2n) is 9.69. The molecular weight excluding hydrogens is 412 g/mol. The maximum atomic E-state index is 12.2. The molecule has 2 aliphatic heterocycles. The van der Waals surface area contributed by atoms with Crippen LogP contribution in [0.25, 0.3) is 21.5 Å². The average Bonchev–Trinajstić information content (AvgIpc) is 2.94. The fraction of sp³-hybridized carbons (Fsp3) is 0.435. The number of nitrogens with zero attached hydrogens (tertiary/aromatic N) is 4. The first-order valence-corrected chi connectivity index (χ1v) is 11.2. The fourth-order valence-corrected chi connectivity index (χ4v) is 5.57. The van der Waals surface area contributed by atoms with E-state index in [9.17, 15) is 9.90 Å². The van der Waals surface area contributed by atoms with E-state index in [0.29, 0.717) is 11.3 Å². The molecule has 5 rings (SSSR count). The first kappa shape index (κ1) is 20.1. The largest absolute Gasteiger partial charge is 0.507 e. The Morgan fingerprint density at radius 3 is 2.55 bits per heavy atom. The number of hydrogen-bond acceptors (Lipinski definition) is 7. The molecule has 4 heterocycles. The van der Waals surface area contributed by atoms with Crippen LogP contribution < -0.4 is 4.90 Å². The molecule has 1 N–H and O–H groups in total. The van der Waals surface area contributed by atoms with Gasteiger partial charge in [0.15, 0.2) is 0 Å². The Bertz CT molecular complexity index is 1170. The highest BCUT2D eigenvalue weighted by atomic mass is 32.1. The normalized spacial score (nSPS) is 17.5. The number of amides is 1. The van der Waals surface area contributed by atoms with Gasteiger partial charge in [-0.05, 0) is 51.5 Å². The van der Waals surface area contributed by atoms with E-state index < -0.39 is 5.60 Å². The molecule has 0 atom stereocenters. The molecule has 0 saturated carbocycles. The summed E-state index contributed by atoms with van der Waals surface area (Å²) in [7, 11) is 0. The Morgan fingerprint density at radius 1 is 1.16 bits per heavy atom. The molecule has 3 aromatic rings. The topological polar surface area (TPSA) is 78.8 Å². The van der Waals surface area contributed by atoms with Gasteiger partial charge in [-0.3, -0.25) is 0 Å². The molecule has 2 aromatic heterocycles. The number of para-hydroxylation sites is 1. The lowest BCUT2D eigenvalue weighted by Crippen LogP contribution is -2.73. The van der Waals surface area contributed by atoms with Gasteiger partial charge in [-0.25, -0.2) is 4.79 Å². The van der Waals surface area contributed by atoms with Gasteiger partial charge in [0.2, 0.25) is 0 Å². The van der Waals surface area contributed by atoms with Crippen LogP contribution in [-0.4, -0.2) is 58.1 Å². The summed E-state index contributed by atoms with van der Waals surface area (Å²) in [5.74, 6) is 0.202. The van der Waals surface area contributed by atoms with Crippen LogP contribution in [0.1, 0.15) is 26.3 Å². The van der Waals surface area contributed by atoms with Crippen LogP contribution in [0.5, 0.6) is 5.75 Å². The van der Waals surface area contributed by atoms with Crippen molar-refractivity contribution in [2.45, 2.75) is 33.3 Å². The second-order valence-corrected chi connectivity index (χ2v) is 10.7. The monoisotopic (exact) mass is 438 g/mol. The van der Waals surface area contributed by atoms with Gasteiger partial charge in [-0.2, -0.15) is 0 Å². The molecule has 31 heavy (non-hydrogen) atoms. The Kier molecular flexibility index (Phi) is 4.41. The highest BCUT2D eigenvalue weighted by Crippen LogP contribution is 2.47. The van der Waals surface area contributed by atoms with Crippen LogP contribution >= 0.6 is 11.3 Å². The molecule has 2 saturated heterocycles. The maximum Gasteiger partial charge on any atom is 0.410 e. The zero-order valence-electron chi connectivity index (χ0n) is 18.2. The van der Waals surface area contributed by atoms with Gasteiger partial charge in [-0.15, -0.1) is 10.2 Å². The van der Waals surface area contributed by atoms with Crippen LogP contribution in [0.2, 0.25) is 0 Å². The number of ether oxygens (including phenoxy) is 1. The summed E-state index contributed by atoms with van der Waals surface area (Å²) in [5, 5.41) is 21.2. The number of phenolic OH excluding ortho intramolecular Hbond substituents is 1. The third kappa shape index (κ3) is 3.48. The summed E-state index contributed by atoms with van der Waals surface area (Å²) in [6.45, 7) is 11.2. The minimum absolute atomic E-state index is 0.173. The van der Waals surface area contributed by atoms with Gasteiger partial charge >= 0.3 is 6.09 Å². The minimum Gasteiger partial charge on any atom is -0.507 e. The standard InChI is InChI=1S/C23H26N4O3S/c1-14-16-9-17(15-7-5-6-8-18(15)28)24-25-19(16)31-20(14)26-10-23(11-26)12-27(13-23)21(29)30-22(2,3)4/h5-9,28H,10-13H2,1-4H3. The number of phenols is 1. The van der Waals surface area contributed by atoms with E-state index in [1.807, 2.05) is 39.0 Å². The number of hydrogen-bond donors (Lipinski definition) is 1. The summed E-state index contributed by atoms with van der Waals surface area (Å²) in [6, 6.07) is 9.19. The Hall–Kier alpha value is -2.87. The van der Waals surface area contributed by atoms with Crippen molar-refractivity contribution in [3.8, 4) is 17.0 Å². The summed E-state index contributed by atoms with van der Waals surface area (Å²) in [5.41, 5.74) is 2.25. The van der Waals surface area contributed by atoms with Crippen molar-refractivity contribution in [1.82, 2.24) is 15.1 Å². The number of aromatic hydroxyl groups is 1. The summed E-state index contributed by atoms with van der Waals surface area (Å²) < 4.78 is 5.47. The molecule has 162 valence electrons. The summed E-state index contributed by atoms with van der Waals surface area (Å²) in [6.07, 6.45) is -0.221. The van der Waals surface area contributed by atoms with Crippen molar-refractivity contribution in [3.63, 3.8) is 0 Å².